The van der Waals surface area contributed by atoms with Gasteiger partial charge in [-0.2, -0.15) is 0 Å². The molecule has 0 amide bonds. The number of hydrogen-bond donors (Lipinski definition) is 1. The number of nitrogens with two attached hydrogens (primary N) is 1. The molecule has 0 bridgehead atoms. The molecule has 1 aliphatic rings. The number of aryl methyl sites for hydroxylation is 2. The molecular weight excluding hydrogens is 138 g/mol. The summed E-state index contributed by atoms with van der Waals surface area (Å²) in [6.45, 7) is 1.94. The largest absolute Gasteiger partial charge is 0.383 e. The summed E-state index contributed by atoms with van der Waals surface area (Å²) in [4.78, 5) is 4.34. The Morgan fingerprint density at radius 1 is 1.64 bits per heavy atom. The summed E-state index contributed by atoms with van der Waals surface area (Å²) in [5.41, 5.74) is 6.71. The molecule has 58 valence electrons. The summed E-state index contributed by atoms with van der Waals surface area (Å²) in [5, 5.41) is 0. The van der Waals surface area contributed by atoms with Crippen LogP contribution in [0.3, 0.4) is 0 Å². The molecule has 0 saturated carbocycles. The first kappa shape index (κ1) is 6.46. The van der Waals surface area contributed by atoms with Crippen LogP contribution in [0, 0.1) is 6.92 Å². The molecule has 1 aromatic rings. The maximum atomic E-state index is 5.77. The smallest absolute Gasteiger partial charge is 0.130 e. The summed E-state index contributed by atoms with van der Waals surface area (Å²) in [5.74, 6) is 1.86. The van der Waals surface area contributed by atoms with Crippen molar-refractivity contribution in [1.29, 1.82) is 0 Å². The molecule has 1 aliphatic heterocycles. The molecule has 2 heterocycles. The highest BCUT2D eigenvalue weighted by molar-refractivity contribution is 5.47. The SMILES string of the molecule is Cc1nc2n(c1N)C=CCC2. The zero-order valence-corrected chi connectivity index (χ0v) is 6.54. The third-order valence-electron chi connectivity index (χ3n) is 1.99. The molecule has 0 unspecified atom stereocenters. The monoisotopic (exact) mass is 149 g/mol. The van der Waals surface area contributed by atoms with Crippen LogP contribution in [-0.2, 0) is 6.42 Å². The van der Waals surface area contributed by atoms with Crippen molar-refractivity contribution in [1.82, 2.24) is 9.55 Å². The molecule has 2 rings (SSSR count). The lowest BCUT2D eigenvalue weighted by Crippen LogP contribution is -2.03. The van der Waals surface area contributed by atoms with E-state index in [1.807, 2.05) is 17.7 Å². The third kappa shape index (κ3) is 0.843. The van der Waals surface area contributed by atoms with Crippen LogP contribution in [0.4, 0.5) is 5.82 Å². The molecule has 2 N–H and O–H groups in total. The quantitative estimate of drug-likeness (QED) is 0.602. The van der Waals surface area contributed by atoms with E-state index >= 15 is 0 Å². The average Bonchev–Trinajstić information content (AvgIpc) is 2.30. The maximum Gasteiger partial charge on any atom is 0.130 e. The van der Waals surface area contributed by atoms with Crippen molar-refractivity contribution in [2.75, 3.05) is 5.73 Å². The minimum absolute atomic E-state index is 0.774. The highest BCUT2D eigenvalue weighted by Gasteiger charge is 2.10. The predicted octanol–water partition coefficient (Wildman–Crippen LogP) is 1.19. The second-order valence-corrected chi connectivity index (χ2v) is 2.79. The second-order valence-electron chi connectivity index (χ2n) is 2.79. The van der Waals surface area contributed by atoms with Crippen molar-refractivity contribution in [3.8, 4) is 0 Å². The van der Waals surface area contributed by atoms with Crippen LogP contribution in [0.15, 0.2) is 6.08 Å². The highest BCUT2D eigenvalue weighted by Crippen LogP contribution is 2.18. The fourth-order valence-electron chi connectivity index (χ4n) is 1.35. The number of hydrogen-bond acceptors (Lipinski definition) is 2. The van der Waals surface area contributed by atoms with E-state index in [-0.39, 0.29) is 0 Å². The van der Waals surface area contributed by atoms with Crippen molar-refractivity contribution >= 4 is 12.0 Å². The molecule has 0 saturated heterocycles. The predicted molar refractivity (Wildman–Crippen MR) is 45.0 cm³/mol. The Morgan fingerprint density at radius 2 is 2.45 bits per heavy atom. The van der Waals surface area contributed by atoms with Crippen molar-refractivity contribution in [3.05, 3.63) is 17.6 Å². The van der Waals surface area contributed by atoms with Crippen molar-refractivity contribution in [2.24, 2.45) is 0 Å². The van der Waals surface area contributed by atoms with Gasteiger partial charge in [0.15, 0.2) is 0 Å². The van der Waals surface area contributed by atoms with Crippen molar-refractivity contribution in [3.63, 3.8) is 0 Å². The zero-order valence-electron chi connectivity index (χ0n) is 6.54. The van der Waals surface area contributed by atoms with Crippen LogP contribution >= 0.6 is 0 Å². The van der Waals surface area contributed by atoms with Gasteiger partial charge in [0.1, 0.15) is 11.6 Å². The number of nitrogen functional groups attached to an aromatic ring is 1. The van der Waals surface area contributed by atoms with Gasteiger partial charge in [0, 0.05) is 12.6 Å². The molecule has 0 spiro atoms. The van der Waals surface area contributed by atoms with E-state index in [2.05, 4.69) is 11.1 Å². The Hall–Kier alpha value is -1.25. The first-order chi connectivity index (χ1) is 5.29. The number of imidazole rings is 1. The van der Waals surface area contributed by atoms with Crippen LogP contribution in [0.2, 0.25) is 0 Å². The van der Waals surface area contributed by atoms with E-state index in [9.17, 15) is 0 Å². The molecular formula is C8H11N3. The average molecular weight is 149 g/mol. The lowest BCUT2D eigenvalue weighted by molar-refractivity contribution is 0.839. The van der Waals surface area contributed by atoms with Crippen molar-refractivity contribution < 1.29 is 0 Å². The number of fused-ring (bicyclic) bond motifs is 1. The summed E-state index contributed by atoms with van der Waals surface area (Å²) < 4.78 is 1.96. The summed E-state index contributed by atoms with van der Waals surface area (Å²) in [6.07, 6.45) is 6.20. The van der Waals surface area contributed by atoms with Crippen LogP contribution < -0.4 is 5.73 Å². The number of nitrogens with zero attached hydrogens (tertiary/aromatic N) is 2. The minimum atomic E-state index is 0.774. The van der Waals surface area contributed by atoms with Crippen LogP contribution in [-0.4, -0.2) is 9.55 Å². The summed E-state index contributed by atoms with van der Waals surface area (Å²) in [7, 11) is 0. The van der Waals surface area contributed by atoms with Gasteiger partial charge in [0.2, 0.25) is 0 Å². The van der Waals surface area contributed by atoms with E-state index in [1.54, 1.807) is 0 Å². The fraction of sp³-hybridized carbons (Fsp3) is 0.375. The normalized spacial score (nSPS) is 15.0. The molecule has 0 aliphatic carbocycles. The van der Waals surface area contributed by atoms with Crippen LogP contribution in [0.25, 0.3) is 6.20 Å². The molecule has 11 heavy (non-hydrogen) atoms. The van der Waals surface area contributed by atoms with E-state index in [1.165, 1.54) is 0 Å². The van der Waals surface area contributed by atoms with E-state index in [4.69, 9.17) is 5.73 Å². The summed E-state index contributed by atoms with van der Waals surface area (Å²) >= 11 is 0. The number of rotatable bonds is 0. The van der Waals surface area contributed by atoms with E-state index in [0.29, 0.717) is 0 Å². The van der Waals surface area contributed by atoms with Gasteiger partial charge < -0.3 is 5.73 Å². The molecule has 0 aromatic carbocycles. The number of allylic oxidation sites excluding steroid dienone is 1. The maximum absolute atomic E-state index is 5.77. The molecule has 0 atom stereocenters. The lowest BCUT2D eigenvalue weighted by atomic mass is 10.2. The second kappa shape index (κ2) is 2.12. The molecule has 0 fully saturated rings. The Balaban J connectivity index is 2.61. The van der Waals surface area contributed by atoms with Gasteiger partial charge in [-0.15, -0.1) is 0 Å². The zero-order chi connectivity index (χ0) is 7.84. The van der Waals surface area contributed by atoms with Gasteiger partial charge in [-0.1, -0.05) is 6.08 Å². The highest BCUT2D eigenvalue weighted by atomic mass is 15.1. The van der Waals surface area contributed by atoms with Crippen LogP contribution in [0.1, 0.15) is 17.9 Å². The van der Waals surface area contributed by atoms with Gasteiger partial charge >= 0.3 is 0 Å². The minimum Gasteiger partial charge on any atom is -0.383 e. The Morgan fingerprint density at radius 3 is 3.18 bits per heavy atom. The standard InChI is InChI=1S/C8H11N3/c1-6-8(9)11-5-3-2-4-7(11)10-6/h3,5H,2,4,9H2,1H3. The molecule has 1 aromatic heterocycles. The molecule has 3 nitrogen and oxygen atoms in total. The van der Waals surface area contributed by atoms with Gasteiger partial charge in [0.25, 0.3) is 0 Å². The third-order valence-corrected chi connectivity index (χ3v) is 1.99. The van der Waals surface area contributed by atoms with Crippen molar-refractivity contribution in [2.45, 2.75) is 19.8 Å². The van der Waals surface area contributed by atoms with Crippen LogP contribution in [0.5, 0.6) is 0 Å². The van der Waals surface area contributed by atoms with E-state index in [0.717, 1.165) is 30.2 Å². The Bertz CT molecular complexity index is 309. The topological polar surface area (TPSA) is 43.8 Å². The first-order valence-electron chi connectivity index (χ1n) is 3.79. The summed E-state index contributed by atoms with van der Waals surface area (Å²) in [6, 6.07) is 0. The Kier molecular flexibility index (Phi) is 1.24. The van der Waals surface area contributed by atoms with Gasteiger partial charge in [0.05, 0.1) is 5.69 Å². The lowest BCUT2D eigenvalue weighted by Gasteiger charge is -2.06. The van der Waals surface area contributed by atoms with Gasteiger partial charge in [-0.25, -0.2) is 4.98 Å². The van der Waals surface area contributed by atoms with E-state index < -0.39 is 0 Å². The fourth-order valence-corrected chi connectivity index (χ4v) is 1.35. The molecule has 0 radical (unpaired) electrons. The first-order valence-corrected chi connectivity index (χ1v) is 3.79. The van der Waals surface area contributed by atoms with Gasteiger partial charge in [-0.3, -0.25) is 4.57 Å². The molecule has 3 heteroatoms. The number of anilines is 1. The Labute approximate surface area is 65.5 Å². The van der Waals surface area contributed by atoms with Gasteiger partial charge in [-0.05, 0) is 13.3 Å². The number of aromatic nitrogens is 2.